The minimum atomic E-state index is -0.0806. The second kappa shape index (κ2) is 5.55. The molecule has 0 unspecified atom stereocenters. The van der Waals surface area contributed by atoms with Crippen LogP contribution in [0.1, 0.15) is 27.2 Å². The first-order valence-corrected chi connectivity index (χ1v) is 5.29. The van der Waals surface area contributed by atoms with Crippen LogP contribution in [0.3, 0.4) is 0 Å². The van der Waals surface area contributed by atoms with Crippen LogP contribution in [0.4, 0.5) is 5.95 Å². The third-order valence-corrected chi connectivity index (χ3v) is 1.82. The number of rotatable bonds is 4. The Labute approximate surface area is 95.7 Å². The van der Waals surface area contributed by atoms with Crippen molar-refractivity contribution in [3.05, 3.63) is 18.5 Å². The molecule has 1 amide bonds. The van der Waals surface area contributed by atoms with E-state index in [0.29, 0.717) is 18.9 Å². The highest BCUT2D eigenvalue weighted by molar-refractivity contribution is 5.88. The molecule has 0 aliphatic heterocycles. The van der Waals surface area contributed by atoms with Gasteiger partial charge in [-0.15, -0.1) is 0 Å². The maximum atomic E-state index is 11.5. The summed E-state index contributed by atoms with van der Waals surface area (Å²) in [6.45, 7) is 6.82. The predicted octanol–water partition coefficient (Wildman–Crippen LogP) is 1.19. The van der Waals surface area contributed by atoms with Gasteiger partial charge in [-0.1, -0.05) is 0 Å². The van der Waals surface area contributed by atoms with E-state index in [2.05, 4.69) is 41.4 Å². The standard InChI is InChI=1S/C11H18N4O/c1-11(2,3)14-8-5-9(16)15-10-12-6-4-7-13-10/h4,6-7,14H,5,8H2,1-3H3,(H,12,13,15,16). The lowest BCUT2D eigenvalue weighted by molar-refractivity contribution is -0.116. The summed E-state index contributed by atoms with van der Waals surface area (Å²) in [6.07, 6.45) is 3.60. The van der Waals surface area contributed by atoms with Gasteiger partial charge in [-0.25, -0.2) is 9.97 Å². The van der Waals surface area contributed by atoms with Gasteiger partial charge in [0.05, 0.1) is 0 Å². The van der Waals surface area contributed by atoms with E-state index < -0.39 is 0 Å². The Kier molecular flexibility index (Phi) is 4.37. The molecule has 1 rings (SSSR count). The Morgan fingerprint density at radius 2 is 1.94 bits per heavy atom. The van der Waals surface area contributed by atoms with Crippen molar-refractivity contribution in [2.45, 2.75) is 32.7 Å². The number of amides is 1. The molecule has 0 spiro atoms. The Bertz CT molecular complexity index is 332. The van der Waals surface area contributed by atoms with Gasteiger partial charge in [-0.3, -0.25) is 10.1 Å². The summed E-state index contributed by atoms with van der Waals surface area (Å²) in [4.78, 5) is 19.3. The van der Waals surface area contributed by atoms with Crippen molar-refractivity contribution in [2.24, 2.45) is 0 Å². The SMILES string of the molecule is CC(C)(C)NCCC(=O)Nc1ncccn1. The molecule has 0 saturated heterocycles. The van der Waals surface area contributed by atoms with Gasteiger partial charge >= 0.3 is 0 Å². The van der Waals surface area contributed by atoms with Crippen LogP contribution in [-0.4, -0.2) is 28.0 Å². The average Bonchev–Trinajstić information content (AvgIpc) is 2.17. The molecule has 0 saturated carbocycles. The summed E-state index contributed by atoms with van der Waals surface area (Å²) in [7, 11) is 0. The quantitative estimate of drug-likeness (QED) is 0.803. The summed E-state index contributed by atoms with van der Waals surface area (Å²) in [5.74, 6) is 0.270. The molecule has 0 atom stereocenters. The van der Waals surface area contributed by atoms with Crippen LogP contribution >= 0.6 is 0 Å². The molecule has 16 heavy (non-hydrogen) atoms. The van der Waals surface area contributed by atoms with Crippen LogP contribution in [0, 0.1) is 0 Å². The number of carbonyl (C=O) groups is 1. The number of aromatic nitrogens is 2. The van der Waals surface area contributed by atoms with Gasteiger partial charge < -0.3 is 5.32 Å². The molecule has 1 aromatic heterocycles. The number of nitrogens with zero attached hydrogens (tertiary/aromatic N) is 2. The molecule has 0 aliphatic carbocycles. The molecule has 0 radical (unpaired) electrons. The zero-order chi connectivity index (χ0) is 12.0. The van der Waals surface area contributed by atoms with E-state index >= 15 is 0 Å². The van der Waals surface area contributed by atoms with Gasteiger partial charge in [-0.2, -0.15) is 0 Å². The summed E-state index contributed by atoms with van der Waals surface area (Å²) < 4.78 is 0. The first-order valence-electron chi connectivity index (χ1n) is 5.29. The van der Waals surface area contributed by atoms with Gasteiger partial charge in [0.15, 0.2) is 0 Å². The van der Waals surface area contributed by atoms with E-state index in [1.807, 2.05) is 0 Å². The molecule has 88 valence electrons. The lowest BCUT2D eigenvalue weighted by atomic mass is 10.1. The van der Waals surface area contributed by atoms with Gasteiger partial charge in [0, 0.05) is 30.9 Å². The average molecular weight is 222 g/mol. The minimum absolute atomic E-state index is 0.0313. The molecule has 0 aromatic carbocycles. The summed E-state index contributed by atoms with van der Waals surface area (Å²) in [5, 5.41) is 5.86. The highest BCUT2D eigenvalue weighted by Gasteiger charge is 2.09. The normalized spacial score (nSPS) is 11.2. The lowest BCUT2D eigenvalue weighted by Gasteiger charge is -2.19. The van der Waals surface area contributed by atoms with Gasteiger partial charge in [0.1, 0.15) is 0 Å². The fourth-order valence-electron chi connectivity index (χ4n) is 1.10. The van der Waals surface area contributed by atoms with Crippen LogP contribution in [0.25, 0.3) is 0 Å². The van der Waals surface area contributed by atoms with Crippen molar-refractivity contribution in [1.82, 2.24) is 15.3 Å². The van der Waals surface area contributed by atoms with Crippen molar-refractivity contribution in [3.63, 3.8) is 0 Å². The van der Waals surface area contributed by atoms with Crippen LogP contribution in [0.2, 0.25) is 0 Å². The van der Waals surface area contributed by atoms with E-state index in [0.717, 1.165) is 0 Å². The van der Waals surface area contributed by atoms with Crippen molar-refractivity contribution in [3.8, 4) is 0 Å². The predicted molar refractivity (Wildman–Crippen MR) is 63.0 cm³/mol. The van der Waals surface area contributed by atoms with Crippen molar-refractivity contribution < 1.29 is 4.79 Å². The van der Waals surface area contributed by atoms with Crippen molar-refractivity contribution >= 4 is 11.9 Å². The van der Waals surface area contributed by atoms with E-state index in [-0.39, 0.29) is 11.4 Å². The van der Waals surface area contributed by atoms with E-state index in [1.165, 1.54) is 0 Å². The molecule has 1 heterocycles. The lowest BCUT2D eigenvalue weighted by Crippen LogP contribution is -2.37. The Morgan fingerprint density at radius 1 is 1.31 bits per heavy atom. The highest BCUT2D eigenvalue weighted by Crippen LogP contribution is 1.99. The third-order valence-electron chi connectivity index (χ3n) is 1.82. The maximum Gasteiger partial charge on any atom is 0.229 e. The second-order valence-electron chi connectivity index (χ2n) is 4.55. The molecule has 0 fully saturated rings. The highest BCUT2D eigenvalue weighted by atomic mass is 16.1. The van der Waals surface area contributed by atoms with Crippen LogP contribution in [0.5, 0.6) is 0 Å². The number of hydrogen-bond donors (Lipinski definition) is 2. The minimum Gasteiger partial charge on any atom is -0.312 e. The molecular formula is C11H18N4O. The topological polar surface area (TPSA) is 66.9 Å². The maximum absolute atomic E-state index is 11.5. The number of carbonyl (C=O) groups excluding carboxylic acids is 1. The number of hydrogen-bond acceptors (Lipinski definition) is 4. The fraction of sp³-hybridized carbons (Fsp3) is 0.545. The zero-order valence-corrected chi connectivity index (χ0v) is 9.95. The molecule has 2 N–H and O–H groups in total. The Balaban J connectivity index is 2.27. The van der Waals surface area contributed by atoms with Crippen molar-refractivity contribution in [2.75, 3.05) is 11.9 Å². The van der Waals surface area contributed by atoms with Gasteiger partial charge in [0.25, 0.3) is 0 Å². The summed E-state index contributed by atoms with van der Waals surface area (Å²) in [5.41, 5.74) is 0.0313. The van der Waals surface area contributed by atoms with Crippen LogP contribution in [-0.2, 0) is 4.79 Å². The zero-order valence-electron chi connectivity index (χ0n) is 9.95. The monoisotopic (exact) mass is 222 g/mol. The van der Waals surface area contributed by atoms with Gasteiger partial charge in [0.2, 0.25) is 11.9 Å². The molecule has 1 aromatic rings. The van der Waals surface area contributed by atoms with Gasteiger partial charge in [-0.05, 0) is 26.8 Å². The largest absolute Gasteiger partial charge is 0.312 e. The van der Waals surface area contributed by atoms with E-state index in [9.17, 15) is 4.79 Å². The molecule has 5 nitrogen and oxygen atoms in total. The van der Waals surface area contributed by atoms with Crippen LogP contribution in [0.15, 0.2) is 18.5 Å². The smallest absolute Gasteiger partial charge is 0.229 e. The number of nitrogens with one attached hydrogen (secondary N) is 2. The Hall–Kier alpha value is -1.49. The summed E-state index contributed by atoms with van der Waals surface area (Å²) in [6, 6.07) is 1.71. The van der Waals surface area contributed by atoms with Crippen LogP contribution < -0.4 is 10.6 Å². The second-order valence-corrected chi connectivity index (χ2v) is 4.55. The molecule has 0 bridgehead atoms. The van der Waals surface area contributed by atoms with E-state index in [1.54, 1.807) is 18.5 Å². The van der Waals surface area contributed by atoms with E-state index in [4.69, 9.17) is 0 Å². The first-order chi connectivity index (χ1) is 7.47. The summed E-state index contributed by atoms with van der Waals surface area (Å²) >= 11 is 0. The third kappa shape index (κ3) is 5.41. The molecule has 5 heteroatoms. The fourth-order valence-corrected chi connectivity index (χ4v) is 1.10. The van der Waals surface area contributed by atoms with Crippen molar-refractivity contribution in [1.29, 1.82) is 0 Å². The molecular weight excluding hydrogens is 204 g/mol. The Morgan fingerprint density at radius 3 is 2.50 bits per heavy atom. The first kappa shape index (κ1) is 12.6. The molecule has 0 aliphatic rings. The number of anilines is 1.